The molecule has 1 heterocycles. The first kappa shape index (κ1) is 14.9. The lowest BCUT2D eigenvalue weighted by Gasteiger charge is -2.38. The summed E-state index contributed by atoms with van der Waals surface area (Å²) in [7, 11) is 0. The van der Waals surface area contributed by atoms with E-state index in [-0.39, 0.29) is 12.1 Å². The molecule has 1 unspecified atom stereocenters. The van der Waals surface area contributed by atoms with Crippen LogP contribution in [0.4, 0.5) is 4.79 Å². The van der Waals surface area contributed by atoms with Crippen LogP contribution in [0.3, 0.4) is 0 Å². The van der Waals surface area contributed by atoms with E-state index in [4.69, 9.17) is 10.5 Å². The van der Waals surface area contributed by atoms with Crippen LogP contribution >= 0.6 is 0 Å². The van der Waals surface area contributed by atoms with Crippen molar-refractivity contribution in [3.05, 3.63) is 35.4 Å². The van der Waals surface area contributed by atoms with Gasteiger partial charge >= 0.3 is 6.09 Å². The van der Waals surface area contributed by atoms with Crippen molar-refractivity contribution >= 4 is 6.09 Å². The van der Waals surface area contributed by atoms with Gasteiger partial charge in [0.2, 0.25) is 0 Å². The first-order valence-electron chi connectivity index (χ1n) is 7.20. The Hall–Kier alpha value is -1.55. The standard InChI is InChI=1S/C16H24N2O2/c1-16(2,3)20-15(19)18-11-9-12-6-4-5-7-13(12)14(18)8-10-17/h4-7,14H,8-11,17H2,1-3H3. The summed E-state index contributed by atoms with van der Waals surface area (Å²) in [6.07, 6.45) is 1.39. The smallest absolute Gasteiger partial charge is 0.410 e. The number of amides is 1. The minimum Gasteiger partial charge on any atom is -0.444 e. The highest BCUT2D eigenvalue weighted by atomic mass is 16.6. The maximum absolute atomic E-state index is 12.4. The van der Waals surface area contributed by atoms with Crippen LogP contribution in [0.2, 0.25) is 0 Å². The van der Waals surface area contributed by atoms with Gasteiger partial charge in [-0.15, -0.1) is 0 Å². The molecule has 1 amide bonds. The summed E-state index contributed by atoms with van der Waals surface area (Å²) >= 11 is 0. The van der Waals surface area contributed by atoms with Crippen molar-refractivity contribution in [3.63, 3.8) is 0 Å². The molecule has 4 nitrogen and oxygen atoms in total. The normalized spacial score (nSPS) is 18.6. The van der Waals surface area contributed by atoms with Crippen LogP contribution in [0.15, 0.2) is 24.3 Å². The zero-order valence-corrected chi connectivity index (χ0v) is 12.6. The first-order chi connectivity index (χ1) is 9.42. The average molecular weight is 276 g/mol. The molecule has 0 fully saturated rings. The Morgan fingerprint density at radius 2 is 2.10 bits per heavy atom. The van der Waals surface area contributed by atoms with Gasteiger partial charge < -0.3 is 15.4 Å². The van der Waals surface area contributed by atoms with Crippen LogP contribution < -0.4 is 5.73 Å². The van der Waals surface area contributed by atoms with Crippen LogP contribution in [0, 0.1) is 0 Å². The predicted octanol–water partition coefficient (Wildman–Crippen LogP) is 2.87. The van der Waals surface area contributed by atoms with Crippen molar-refractivity contribution < 1.29 is 9.53 Å². The zero-order valence-electron chi connectivity index (χ0n) is 12.6. The third-order valence-electron chi connectivity index (χ3n) is 3.48. The monoisotopic (exact) mass is 276 g/mol. The quantitative estimate of drug-likeness (QED) is 0.903. The Kier molecular flexibility index (Phi) is 4.33. The number of hydrogen-bond donors (Lipinski definition) is 1. The third kappa shape index (κ3) is 3.31. The molecule has 1 aliphatic heterocycles. The van der Waals surface area contributed by atoms with E-state index in [0.717, 1.165) is 12.8 Å². The number of ether oxygens (including phenoxy) is 1. The van der Waals surface area contributed by atoms with Gasteiger partial charge in [-0.3, -0.25) is 0 Å². The van der Waals surface area contributed by atoms with Crippen molar-refractivity contribution in [2.45, 2.75) is 45.3 Å². The van der Waals surface area contributed by atoms with E-state index in [0.29, 0.717) is 13.1 Å². The number of rotatable bonds is 2. The van der Waals surface area contributed by atoms with Gasteiger partial charge in [-0.25, -0.2) is 4.79 Å². The van der Waals surface area contributed by atoms with Gasteiger partial charge in [0, 0.05) is 6.54 Å². The average Bonchev–Trinajstić information content (AvgIpc) is 2.37. The van der Waals surface area contributed by atoms with Gasteiger partial charge in [0.05, 0.1) is 6.04 Å². The molecule has 1 aromatic carbocycles. The van der Waals surface area contributed by atoms with Gasteiger partial charge in [0.1, 0.15) is 5.60 Å². The van der Waals surface area contributed by atoms with Crippen LogP contribution in [0.1, 0.15) is 44.4 Å². The lowest BCUT2D eigenvalue weighted by atomic mass is 9.91. The molecule has 110 valence electrons. The second-order valence-corrected chi connectivity index (χ2v) is 6.22. The summed E-state index contributed by atoms with van der Waals surface area (Å²) in [6, 6.07) is 8.31. The van der Waals surface area contributed by atoms with Gasteiger partial charge in [0.25, 0.3) is 0 Å². The molecule has 1 aliphatic rings. The predicted molar refractivity (Wildman–Crippen MR) is 79.5 cm³/mol. The summed E-state index contributed by atoms with van der Waals surface area (Å²) in [5, 5.41) is 0. The number of nitrogens with two attached hydrogens (primary N) is 1. The molecule has 1 aromatic rings. The SMILES string of the molecule is CC(C)(C)OC(=O)N1CCc2ccccc2C1CCN. The highest BCUT2D eigenvalue weighted by Gasteiger charge is 2.32. The van der Waals surface area contributed by atoms with Crippen molar-refractivity contribution in [3.8, 4) is 0 Å². The second-order valence-electron chi connectivity index (χ2n) is 6.22. The molecule has 0 aromatic heterocycles. The molecular formula is C16H24N2O2. The molecule has 2 N–H and O–H groups in total. The van der Waals surface area contributed by atoms with E-state index in [1.54, 1.807) is 0 Å². The van der Waals surface area contributed by atoms with E-state index in [1.165, 1.54) is 11.1 Å². The van der Waals surface area contributed by atoms with E-state index >= 15 is 0 Å². The van der Waals surface area contributed by atoms with Gasteiger partial charge in [-0.05, 0) is 51.3 Å². The molecule has 0 radical (unpaired) electrons. The molecule has 2 rings (SSSR count). The minimum absolute atomic E-state index is 0.0276. The molecule has 0 saturated heterocycles. The summed E-state index contributed by atoms with van der Waals surface area (Å²) in [4.78, 5) is 14.2. The first-order valence-corrected chi connectivity index (χ1v) is 7.20. The van der Waals surface area contributed by atoms with Crippen molar-refractivity contribution in [1.82, 2.24) is 4.90 Å². The van der Waals surface area contributed by atoms with Crippen molar-refractivity contribution in [1.29, 1.82) is 0 Å². The van der Waals surface area contributed by atoms with Gasteiger partial charge in [0.15, 0.2) is 0 Å². The number of carbonyl (C=O) groups excluding carboxylic acids is 1. The van der Waals surface area contributed by atoms with E-state index < -0.39 is 5.60 Å². The van der Waals surface area contributed by atoms with Crippen molar-refractivity contribution in [2.75, 3.05) is 13.1 Å². The van der Waals surface area contributed by atoms with Gasteiger partial charge in [-0.2, -0.15) is 0 Å². The molecule has 1 atom stereocenters. The minimum atomic E-state index is -0.471. The maximum atomic E-state index is 12.4. The number of benzene rings is 1. The van der Waals surface area contributed by atoms with E-state index in [1.807, 2.05) is 37.8 Å². The maximum Gasteiger partial charge on any atom is 0.410 e. The fourth-order valence-electron chi connectivity index (χ4n) is 2.66. The Morgan fingerprint density at radius 3 is 2.75 bits per heavy atom. The summed E-state index contributed by atoms with van der Waals surface area (Å²) in [5.41, 5.74) is 7.77. The second kappa shape index (κ2) is 5.83. The lowest BCUT2D eigenvalue weighted by molar-refractivity contribution is 0.0135. The molecule has 0 aliphatic carbocycles. The van der Waals surface area contributed by atoms with Crippen LogP contribution in [0.25, 0.3) is 0 Å². The fourth-order valence-corrected chi connectivity index (χ4v) is 2.66. The van der Waals surface area contributed by atoms with Crippen LogP contribution in [0.5, 0.6) is 0 Å². The Labute approximate surface area is 120 Å². The highest BCUT2D eigenvalue weighted by molar-refractivity contribution is 5.69. The fraction of sp³-hybridized carbons (Fsp3) is 0.562. The number of carbonyl (C=O) groups is 1. The molecular weight excluding hydrogens is 252 g/mol. The Morgan fingerprint density at radius 1 is 1.40 bits per heavy atom. The number of fused-ring (bicyclic) bond motifs is 1. The van der Waals surface area contributed by atoms with Gasteiger partial charge in [-0.1, -0.05) is 24.3 Å². The molecule has 20 heavy (non-hydrogen) atoms. The molecule has 0 bridgehead atoms. The highest BCUT2D eigenvalue weighted by Crippen LogP contribution is 2.32. The van der Waals surface area contributed by atoms with Crippen LogP contribution in [-0.2, 0) is 11.2 Å². The van der Waals surface area contributed by atoms with E-state index in [2.05, 4.69) is 12.1 Å². The van der Waals surface area contributed by atoms with E-state index in [9.17, 15) is 4.79 Å². The topological polar surface area (TPSA) is 55.6 Å². The summed E-state index contributed by atoms with van der Waals surface area (Å²) in [5.74, 6) is 0. The summed E-state index contributed by atoms with van der Waals surface area (Å²) in [6.45, 7) is 6.91. The van der Waals surface area contributed by atoms with Crippen molar-refractivity contribution in [2.24, 2.45) is 5.73 Å². The largest absolute Gasteiger partial charge is 0.444 e. The molecule has 0 spiro atoms. The Balaban J connectivity index is 2.24. The lowest BCUT2D eigenvalue weighted by Crippen LogP contribution is -2.43. The Bertz CT molecular complexity index is 480. The molecule has 0 saturated carbocycles. The third-order valence-corrected chi connectivity index (χ3v) is 3.48. The van der Waals surface area contributed by atoms with Crippen LogP contribution in [-0.4, -0.2) is 29.7 Å². The zero-order chi connectivity index (χ0) is 14.8. The molecule has 4 heteroatoms. The number of hydrogen-bond acceptors (Lipinski definition) is 3. The number of nitrogens with zero attached hydrogens (tertiary/aromatic N) is 1. The summed E-state index contributed by atoms with van der Waals surface area (Å²) < 4.78 is 5.51.